The zero-order valence-corrected chi connectivity index (χ0v) is 18.4. The molecule has 0 spiro atoms. The SMILES string of the molecule is CCCCCCCC/C=C\CCCCCCCC(=O)OCC[N+](C)(O)CC. The van der Waals surface area contributed by atoms with Gasteiger partial charge in [-0.05, 0) is 39.0 Å². The first-order valence-electron chi connectivity index (χ1n) is 11.4. The van der Waals surface area contributed by atoms with Crippen molar-refractivity contribution >= 4 is 5.97 Å². The van der Waals surface area contributed by atoms with Gasteiger partial charge in [0.25, 0.3) is 0 Å². The van der Waals surface area contributed by atoms with Crippen LogP contribution in [0.3, 0.4) is 0 Å². The molecule has 1 N–H and O–H groups in total. The van der Waals surface area contributed by atoms with Crippen LogP contribution in [0.4, 0.5) is 0 Å². The monoisotopic (exact) mass is 384 g/mol. The van der Waals surface area contributed by atoms with Gasteiger partial charge in [-0.25, -0.2) is 5.21 Å². The Balaban J connectivity index is 3.30. The Hall–Kier alpha value is -0.870. The van der Waals surface area contributed by atoms with Gasteiger partial charge in [-0.15, -0.1) is 0 Å². The van der Waals surface area contributed by atoms with Gasteiger partial charge < -0.3 is 4.74 Å². The standard InChI is InChI=1S/C23H46NO3/c1-4-6-7-8-9-10-11-12-13-14-15-16-17-18-19-20-23(25)27-22-21-24(3,26)5-2/h12-13,26H,4-11,14-22H2,1-3H3/q+1/b13-12-. The number of hydroxylamine groups is 3. The molecular weight excluding hydrogens is 338 g/mol. The number of unbranched alkanes of at least 4 members (excludes halogenated alkanes) is 11. The summed E-state index contributed by atoms with van der Waals surface area (Å²) in [5.74, 6) is -0.135. The lowest BCUT2D eigenvalue weighted by Gasteiger charge is -2.23. The third kappa shape index (κ3) is 19.7. The first-order valence-corrected chi connectivity index (χ1v) is 11.4. The summed E-state index contributed by atoms with van der Waals surface area (Å²) in [6.45, 7) is 5.54. The Kier molecular flexibility index (Phi) is 17.9. The molecule has 0 aliphatic carbocycles. The quantitative estimate of drug-likeness (QED) is 0.0918. The van der Waals surface area contributed by atoms with Crippen LogP contribution < -0.4 is 0 Å². The van der Waals surface area contributed by atoms with Gasteiger partial charge in [0.05, 0.1) is 7.05 Å². The minimum absolute atomic E-state index is 0.0965. The summed E-state index contributed by atoms with van der Waals surface area (Å²) < 4.78 is 5.08. The van der Waals surface area contributed by atoms with Crippen LogP contribution in [-0.2, 0) is 9.53 Å². The second-order valence-corrected chi connectivity index (χ2v) is 7.93. The van der Waals surface area contributed by atoms with Gasteiger partial charge in [0, 0.05) is 6.42 Å². The minimum Gasteiger partial charge on any atom is -0.460 e. The molecule has 0 aromatic carbocycles. The molecule has 0 fully saturated rings. The molecule has 27 heavy (non-hydrogen) atoms. The molecule has 0 radical (unpaired) electrons. The lowest BCUT2D eigenvalue weighted by Crippen LogP contribution is -2.42. The summed E-state index contributed by atoms with van der Waals surface area (Å²) in [7, 11) is 1.72. The molecule has 1 unspecified atom stereocenters. The smallest absolute Gasteiger partial charge is 0.305 e. The molecule has 160 valence electrons. The first kappa shape index (κ1) is 26.1. The van der Waals surface area contributed by atoms with Gasteiger partial charge in [-0.3, -0.25) is 4.79 Å². The van der Waals surface area contributed by atoms with Crippen LogP contribution in [0, 0.1) is 0 Å². The number of hydrogen-bond donors (Lipinski definition) is 1. The van der Waals surface area contributed by atoms with Crippen molar-refractivity contribution < 1.29 is 19.4 Å². The van der Waals surface area contributed by atoms with Crippen LogP contribution in [-0.4, -0.2) is 42.6 Å². The van der Waals surface area contributed by atoms with Crippen LogP contribution in [0.2, 0.25) is 0 Å². The predicted octanol–water partition coefficient (Wildman–Crippen LogP) is 6.42. The van der Waals surface area contributed by atoms with Crippen LogP contribution in [0.15, 0.2) is 12.2 Å². The third-order valence-electron chi connectivity index (χ3n) is 5.16. The van der Waals surface area contributed by atoms with Crippen molar-refractivity contribution in [2.75, 3.05) is 26.7 Å². The fourth-order valence-electron chi connectivity index (χ4n) is 2.93. The second kappa shape index (κ2) is 18.5. The highest BCUT2D eigenvalue weighted by Gasteiger charge is 2.16. The van der Waals surface area contributed by atoms with E-state index in [1.54, 1.807) is 7.05 Å². The van der Waals surface area contributed by atoms with E-state index < -0.39 is 0 Å². The number of esters is 1. The molecule has 1 atom stereocenters. The van der Waals surface area contributed by atoms with Gasteiger partial charge in [-0.2, -0.15) is 4.65 Å². The summed E-state index contributed by atoms with van der Waals surface area (Å²) in [6, 6.07) is 0. The Morgan fingerprint density at radius 3 is 1.93 bits per heavy atom. The maximum atomic E-state index is 11.6. The zero-order chi connectivity index (χ0) is 20.2. The van der Waals surface area contributed by atoms with E-state index in [1.165, 1.54) is 70.6 Å². The summed E-state index contributed by atoms with van der Waals surface area (Å²) >= 11 is 0. The van der Waals surface area contributed by atoms with Gasteiger partial charge in [0.15, 0.2) is 0 Å². The Morgan fingerprint density at radius 2 is 1.37 bits per heavy atom. The average Bonchev–Trinajstić information content (AvgIpc) is 2.64. The van der Waals surface area contributed by atoms with E-state index in [4.69, 9.17) is 4.74 Å². The van der Waals surface area contributed by atoms with Crippen LogP contribution in [0.1, 0.15) is 104 Å². The maximum absolute atomic E-state index is 11.6. The first-order chi connectivity index (χ1) is 13.0. The Labute approximate surface area is 168 Å². The number of likely N-dealkylation sites (N-methyl/N-ethyl adjacent to an activating group) is 1. The molecule has 0 aliphatic heterocycles. The van der Waals surface area contributed by atoms with E-state index in [9.17, 15) is 10.0 Å². The fraction of sp³-hybridized carbons (Fsp3) is 0.870. The number of rotatable bonds is 19. The summed E-state index contributed by atoms with van der Waals surface area (Å²) in [5.41, 5.74) is 0. The molecule has 0 bridgehead atoms. The number of hydrogen-bond acceptors (Lipinski definition) is 3. The van der Waals surface area contributed by atoms with E-state index in [0.29, 0.717) is 26.1 Å². The van der Waals surface area contributed by atoms with E-state index in [-0.39, 0.29) is 10.6 Å². The number of nitrogens with zero attached hydrogens (tertiary/aromatic N) is 1. The van der Waals surface area contributed by atoms with Crippen LogP contribution in [0.5, 0.6) is 0 Å². The largest absolute Gasteiger partial charge is 0.460 e. The molecule has 0 saturated heterocycles. The van der Waals surface area contributed by atoms with E-state index in [2.05, 4.69) is 19.1 Å². The van der Waals surface area contributed by atoms with Crippen molar-refractivity contribution in [3.63, 3.8) is 0 Å². The highest BCUT2D eigenvalue weighted by molar-refractivity contribution is 5.69. The summed E-state index contributed by atoms with van der Waals surface area (Å²) in [6.07, 6.45) is 21.5. The Morgan fingerprint density at radius 1 is 0.852 bits per heavy atom. The van der Waals surface area contributed by atoms with Gasteiger partial charge in [-0.1, -0.05) is 70.4 Å². The zero-order valence-electron chi connectivity index (χ0n) is 18.4. The van der Waals surface area contributed by atoms with Crippen LogP contribution in [0.25, 0.3) is 0 Å². The van der Waals surface area contributed by atoms with Crippen molar-refractivity contribution in [1.82, 2.24) is 0 Å². The van der Waals surface area contributed by atoms with Gasteiger partial charge >= 0.3 is 5.97 Å². The fourth-order valence-corrected chi connectivity index (χ4v) is 2.93. The summed E-state index contributed by atoms with van der Waals surface area (Å²) in [4.78, 5) is 11.6. The minimum atomic E-state index is -0.135. The second-order valence-electron chi connectivity index (χ2n) is 7.93. The molecule has 4 nitrogen and oxygen atoms in total. The van der Waals surface area contributed by atoms with Gasteiger partial charge in [0.2, 0.25) is 0 Å². The molecule has 0 aromatic rings. The average molecular weight is 385 g/mol. The normalized spacial score (nSPS) is 13.8. The molecule has 0 rings (SSSR count). The number of carbonyl (C=O) groups is 1. The molecule has 0 saturated carbocycles. The number of ether oxygens (including phenoxy) is 1. The summed E-state index contributed by atoms with van der Waals surface area (Å²) in [5, 5.41) is 9.79. The van der Waals surface area contributed by atoms with Gasteiger partial charge in [0.1, 0.15) is 19.7 Å². The van der Waals surface area contributed by atoms with Crippen molar-refractivity contribution in [1.29, 1.82) is 0 Å². The highest BCUT2D eigenvalue weighted by atomic mass is 16.6. The molecule has 0 heterocycles. The van der Waals surface area contributed by atoms with Crippen LogP contribution >= 0.6 is 0 Å². The highest BCUT2D eigenvalue weighted by Crippen LogP contribution is 2.10. The van der Waals surface area contributed by atoms with Crippen molar-refractivity contribution in [3.8, 4) is 0 Å². The van der Waals surface area contributed by atoms with E-state index in [0.717, 1.165) is 12.8 Å². The van der Waals surface area contributed by atoms with E-state index >= 15 is 0 Å². The van der Waals surface area contributed by atoms with Crippen molar-refractivity contribution in [2.45, 2.75) is 104 Å². The molecule has 0 aliphatic rings. The molecular formula is C23H46NO3+. The maximum Gasteiger partial charge on any atom is 0.305 e. The third-order valence-corrected chi connectivity index (χ3v) is 5.16. The number of carbonyl (C=O) groups excluding carboxylic acids is 1. The predicted molar refractivity (Wildman–Crippen MR) is 114 cm³/mol. The lowest BCUT2D eigenvalue weighted by molar-refractivity contribution is -1.09. The lowest BCUT2D eigenvalue weighted by atomic mass is 10.1. The molecule has 4 heteroatoms. The molecule has 0 amide bonds. The van der Waals surface area contributed by atoms with E-state index in [1.807, 2.05) is 6.92 Å². The molecule has 0 aromatic heterocycles. The Bertz CT molecular complexity index is 367. The topological polar surface area (TPSA) is 46.5 Å². The number of allylic oxidation sites excluding steroid dienone is 2. The van der Waals surface area contributed by atoms with Crippen molar-refractivity contribution in [2.24, 2.45) is 0 Å². The van der Waals surface area contributed by atoms with Crippen molar-refractivity contribution in [3.05, 3.63) is 12.2 Å². The number of quaternary nitrogens is 1.